The van der Waals surface area contributed by atoms with E-state index in [4.69, 9.17) is 0 Å². The van der Waals surface area contributed by atoms with Crippen LogP contribution in [0.2, 0.25) is 0 Å². The van der Waals surface area contributed by atoms with Crippen molar-refractivity contribution >= 4 is 21.8 Å². The highest BCUT2D eigenvalue weighted by atomic mass is 79.9. The van der Waals surface area contributed by atoms with Gasteiger partial charge in [-0.05, 0) is 37.5 Å². The van der Waals surface area contributed by atoms with Crippen LogP contribution in [0.1, 0.15) is 52.4 Å². The van der Waals surface area contributed by atoms with Crippen molar-refractivity contribution in [3.05, 3.63) is 0 Å². The zero-order valence-corrected chi connectivity index (χ0v) is 11.9. The van der Waals surface area contributed by atoms with E-state index < -0.39 is 0 Å². The lowest BCUT2D eigenvalue weighted by Gasteiger charge is -2.43. The van der Waals surface area contributed by atoms with E-state index in [9.17, 15) is 4.79 Å². The number of hydrogen-bond donors (Lipinski definition) is 0. The smallest absolute Gasteiger partial charge is 0.236 e. The van der Waals surface area contributed by atoms with E-state index in [-0.39, 0.29) is 4.83 Å². The number of nitrogens with zero attached hydrogens (tertiary/aromatic N) is 1. The van der Waals surface area contributed by atoms with Gasteiger partial charge in [0.05, 0.1) is 4.83 Å². The summed E-state index contributed by atoms with van der Waals surface area (Å²) < 4.78 is 0. The molecule has 1 heterocycles. The SMILES string of the molecule is CC1(C)CCCC(N2CCCC(Br)C2=O)C1. The van der Waals surface area contributed by atoms with Gasteiger partial charge >= 0.3 is 0 Å². The second-order valence-electron chi connectivity index (χ2n) is 6.06. The van der Waals surface area contributed by atoms with Crippen molar-refractivity contribution in [2.24, 2.45) is 5.41 Å². The van der Waals surface area contributed by atoms with Crippen LogP contribution >= 0.6 is 15.9 Å². The van der Waals surface area contributed by atoms with Crippen LogP contribution in [0.3, 0.4) is 0 Å². The Morgan fingerprint density at radius 1 is 1.31 bits per heavy atom. The highest BCUT2D eigenvalue weighted by Gasteiger charge is 2.36. The van der Waals surface area contributed by atoms with Crippen LogP contribution in [0.25, 0.3) is 0 Å². The third-order valence-corrected chi connectivity index (χ3v) is 4.88. The normalized spacial score (nSPS) is 35.2. The highest BCUT2D eigenvalue weighted by molar-refractivity contribution is 9.10. The second-order valence-corrected chi connectivity index (χ2v) is 7.16. The Kier molecular flexibility index (Phi) is 3.62. The van der Waals surface area contributed by atoms with Crippen molar-refractivity contribution in [2.45, 2.75) is 63.2 Å². The number of alkyl halides is 1. The monoisotopic (exact) mass is 287 g/mol. The van der Waals surface area contributed by atoms with Gasteiger partial charge in [-0.25, -0.2) is 0 Å². The lowest BCUT2D eigenvalue weighted by molar-refractivity contribution is -0.136. The van der Waals surface area contributed by atoms with Crippen molar-refractivity contribution in [3.8, 4) is 0 Å². The first-order valence-corrected chi connectivity index (χ1v) is 7.36. The molecule has 0 N–H and O–H groups in total. The van der Waals surface area contributed by atoms with Crippen LogP contribution in [-0.2, 0) is 4.79 Å². The largest absolute Gasteiger partial charge is 0.339 e. The summed E-state index contributed by atoms with van der Waals surface area (Å²) in [5.41, 5.74) is 0.419. The molecule has 2 atom stereocenters. The van der Waals surface area contributed by atoms with Crippen molar-refractivity contribution in [3.63, 3.8) is 0 Å². The van der Waals surface area contributed by atoms with Gasteiger partial charge < -0.3 is 4.90 Å². The summed E-state index contributed by atoms with van der Waals surface area (Å²) in [7, 11) is 0. The Balaban J connectivity index is 2.03. The van der Waals surface area contributed by atoms with Gasteiger partial charge in [-0.3, -0.25) is 4.79 Å². The van der Waals surface area contributed by atoms with E-state index in [1.54, 1.807) is 0 Å². The minimum Gasteiger partial charge on any atom is -0.339 e. The van der Waals surface area contributed by atoms with Gasteiger partial charge in [0.1, 0.15) is 0 Å². The summed E-state index contributed by atoms with van der Waals surface area (Å²) in [4.78, 5) is 14.3. The van der Waals surface area contributed by atoms with Gasteiger partial charge in [-0.1, -0.05) is 36.2 Å². The zero-order chi connectivity index (χ0) is 11.8. The molecular weight excluding hydrogens is 266 g/mol. The van der Waals surface area contributed by atoms with E-state index >= 15 is 0 Å². The van der Waals surface area contributed by atoms with Crippen LogP contribution in [0.5, 0.6) is 0 Å². The predicted octanol–water partition coefficient (Wildman–Crippen LogP) is 3.34. The molecule has 0 spiro atoms. The molecule has 2 unspecified atom stereocenters. The molecule has 0 aromatic rings. The lowest BCUT2D eigenvalue weighted by atomic mass is 9.74. The number of amides is 1. The van der Waals surface area contributed by atoms with Crippen molar-refractivity contribution in [1.82, 2.24) is 4.90 Å². The summed E-state index contributed by atoms with van der Waals surface area (Å²) in [6.07, 6.45) is 7.12. The molecule has 1 saturated carbocycles. The van der Waals surface area contributed by atoms with Crippen molar-refractivity contribution < 1.29 is 4.79 Å². The molecule has 1 aliphatic heterocycles. The van der Waals surface area contributed by atoms with Gasteiger partial charge in [0.2, 0.25) is 5.91 Å². The number of rotatable bonds is 1. The number of piperidine rings is 1. The maximum absolute atomic E-state index is 12.1. The Hall–Kier alpha value is -0.0500. The number of carbonyl (C=O) groups excluding carboxylic acids is 1. The van der Waals surface area contributed by atoms with Gasteiger partial charge in [0.25, 0.3) is 0 Å². The first-order chi connectivity index (χ1) is 7.49. The number of hydrogen-bond acceptors (Lipinski definition) is 1. The van der Waals surface area contributed by atoms with Crippen LogP contribution in [0.4, 0.5) is 0 Å². The molecule has 0 bridgehead atoms. The first-order valence-electron chi connectivity index (χ1n) is 6.44. The molecule has 16 heavy (non-hydrogen) atoms. The maximum Gasteiger partial charge on any atom is 0.236 e. The van der Waals surface area contributed by atoms with E-state index in [1.807, 2.05) is 0 Å². The van der Waals surface area contributed by atoms with Gasteiger partial charge in [-0.2, -0.15) is 0 Å². The Morgan fingerprint density at radius 3 is 2.75 bits per heavy atom. The molecule has 2 nitrogen and oxygen atoms in total. The van der Waals surface area contributed by atoms with E-state index in [0.717, 1.165) is 19.4 Å². The Labute approximate surface area is 107 Å². The third kappa shape index (κ3) is 2.61. The summed E-state index contributed by atoms with van der Waals surface area (Å²) in [5, 5.41) is 0. The average Bonchev–Trinajstić information content (AvgIpc) is 2.20. The number of halogens is 1. The van der Waals surface area contributed by atoms with E-state index in [1.165, 1.54) is 25.7 Å². The minimum atomic E-state index is 0.0753. The van der Waals surface area contributed by atoms with Gasteiger partial charge in [-0.15, -0.1) is 0 Å². The van der Waals surface area contributed by atoms with Gasteiger partial charge in [0.15, 0.2) is 0 Å². The fourth-order valence-corrected chi connectivity index (χ4v) is 3.73. The Bertz CT molecular complexity index is 277. The molecule has 2 rings (SSSR count). The summed E-state index contributed by atoms with van der Waals surface area (Å²) in [6.45, 7) is 5.64. The van der Waals surface area contributed by atoms with Crippen molar-refractivity contribution in [2.75, 3.05) is 6.54 Å². The first kappa shape index (κ1) is 12.4. The molecular formula is C13H22BrNO. The molecule has 2 aliphatic rings. The fraction of sp³-hybridized carbons (Fsp3) is 0.923. The maximum atomic E-state index is 12.1. The summed E-state index contributed by atoms with van der Waals surface area (Å²) in [5.74, 6) is 0.328. The molecule has 0 aromatic carbocycles. The number of carbonyl (C=O) groups is 1. The molecule has 1 saturated heterocycles. The molecule has 0 radical (unpaired) electrons. The molecule has 3 heteroatoms. The second kappa shape index (κ2) is 4.67. The minimum absolute atomic E-state index is 0.0753. The highest BCUT2D eigenvalue weighted by Crippen LogP contribution is 2.38. The standard InChI is InChI=1S/C13H22BrNO/c1-13(2)7-3-5-10(9-13)15-8-4-6-11(14)12(15)16/h10-11H,3-9H2,1-2H3. The molecule has 1 amide bonds. The number of likely N-dealkylation sites (tertiary alicyclic amines) is 1. The average molecular weight is 288 g/mol. The molecule has 2 fully saturated rings. The zero-order valence-electron chi connectivity index (χ0n) is 10.3. The molecule has 1 aliphatic carbocycles. The van der Waals surface area contributed by atoms with E-state index in [2.05, 4.69) is 34.7 Å². The van der Waals surface area contributed by atoms with Gasteiger partial charge in [0, 0.05) is 12.6 Å². The topological polar surface area (TPSA) is 20.3 Å². The van der Waals surface area contributed by atoms with Crippen molar-refractivity contribution in [1.29, 1.82) is 0 Å². The third-order valence-electron chi connectivity index (χ3n) is 4.03. The van der Waals surface area contributed by atoms with Crippen LogP contribution in [0, 0.1) is 5.41 Å². The summed E-state index contributed by atoms with van der Waals surface area (Å²) >= 11 is 3.50. The fourth-order valence-electron chi connectivity index (χ4n) is 3.14. The predicted molar refractivity (Wildman–Crippen MR) is 69.7 cm³/mol. The quantitative estimate of drug-likeness (QED) is 0.678. The van der Waals surface area contributed by atoms with Crippen LogP contribution in [-0.4, -0.2) is 28.2 Å². The van der Waals surface area contributed by atoms with Crippen LogP contribution in [0.15, 0.2) is 0 Å². The van der Waals surface area contributed by atoms with Crippen LogP contribution < -0.4 is 0 Å². The molecule has 92 valence electrons. The molecule has 0 aromatic heterocycles. The van der Waals surface area contributed by atoms with E-state index in [0.29, 0.717) is 17.4 Å². The Morgan fingerprint density at radius 2 is 2.06 bits per heavy atom. The summed E-state index contributed by atoms with van der Waals surface area (Å²) in [6, 6.07) is 0.497. The lowest BCUT2D eigenvalue weighted by Crippen LogP contribution is -2.50.